The first-order valence-electron chi connectivity index (χ1n) is 11.9. The van der Waals surface area contributed by atoms with Gasteiger partial charge in [-0.05, 0) is 50.3 Å². The van der Waals surface area contributed by atoms with Gasteiger partial charge in [0.25, 0.3) is 5.91 Å². The molecule has 3 aliphatic rings. The highest BCUT2D eigenvalue weighted by molar-refractivity contribution is 7.17. The smallest absolute Gasteiger partial charge is 0.296 e. The molecule has 34 heavy (non-hydrogen) atoms. The number of carbonyl (C=O) groups is 3. The number of nitrogens with zero attached hydrogens (tertiary/aromatic N) is 2. The van der Waals surface area contributed by atoms with Crippen LogP contribution in [0.2, 0.25) is 0 Å². The Morgan fingerprint density at radius 2 is 2.06 bits per heavy atom. The number of fused-ring (bicyclic) bond motifs is 1. The van der Waals surface area contributed by atoms with Crippen molar-refractivity contribution < 1.29 is 23.9 Å². The maximum atomic E-state index is 13.8. The topological polar surface area (TPSA) is 85.8 Å². The number of aryl methyl sites for hydroxylation is 1. The number of thiazole rings is 1. The third-order valence-electron chi connectivity index (χ3n) is 6.72. The Labute approximate surface area is 202 Å². The average molecular weight is 481 g/mol. The molecule has 7 nitrogen and oxygen atoms in total. The average Bonchev–Trinajstić information content (AvgIpc) is 3.35. The molecule has 1 aliphatic carbocycles. The molecule has 0 saturated heterocycles. The van der Waals surface area contributed by atoms with Crippen molar-refractivity contribution >= 4 is 33.9 Å². The lowest BCUT2D eigenvalue weighted by atomic mass is 9.77. The molecule has 1 saturated carbocycles. The van der Waals surface area contributed by atoms with E-state index >= 15 is 0 Å². The second-order valence-corrected chi connectivity index (χ2v) is 10.1. The summed E-state index contributed by atoms with van der Waals surface area (Å²) < 4.78 is 12.1. The Bertz CT molecular complexity index is 1200. The minimum atomic E-state index is -0.673. The Kier molecular flexibility index (Phi) is 6.02. The van der Waals surface area contributed by atoms with Gasteiger partial charge in [-0.2, -0.15) is 0 Å². The molecule has 178 valence electrons. The van der Waals surface area contributed by atoms with Crippen molar-refractivity contribution in [3.05, 3.63) is 51.7 Å². The molecule has 1 aromatic heterocycles. The molecule has 2 aliphatic heterocycles. The number of ether oxygens (including phenoxy) is 2. The summed E-state index contributed by atoms with van der Waals surface area (Å²) >= 11 is 1.18. The van der Waals surface area contributed by atoms with Gasteiger partial charge in [-0.3, -0.25) is 19.3 Å². The third-order valence-corrected chi connectivity index (χ3v) is 7.98. The lowest BCUT2D eigenvalue weighted by molar-refractivity contribution is -0.131. The molecule has 1 fully saturated rings. The first kappa shape index (κ1) is 22.8. The predicted molar refractivity (Wildman–Crippen MR) is 128 cm³/mol. The second-order valence-electron chi connectivity index (χ2n) is 9.12. The van der Waals surface area contributed by atoms with E-state index in [0.29, 0.717) is 33.6 Å². The number of benzene rings is 1. The zero-order valence-corrected chi connectivity index (χ0v) is 20.4. The maximum absolute atomic E-state index is 13.8. The fourth-order valence-corrected chi connectivity index (χ4v) is 6.15. The first-order chi connectivity index (χ1) is 16.4. The molecule has 5 rings (SSSR count). The normalized spacial score (nSPS) is 24.1. The summed E-state index contributed by atoms with van der Waals surface area (Å²) in [5, 5.41) is 0.395. The third kappa shape index (κ3) is 3.74. The largest absolute Gasteiger partial charge is 0.494 e. The van der Waals surface area contributed by atoms with Crippen LogP contribution in [0.1, 0.15) is 72.9 Å². The molecule has 0 bridgehead atoms. The zero-order valence-electron chi connectivity index (χ0n) is 19.6. The summed E-state index contributed by atoms with van der Waals surface area (Å²) in [6, 6.07) is 6.84. The molecule has 1 aromatic carbocycles. The molecule has 0 N–H and O–H groups in total. The summed E-state index contributed by atoms with van der Waals surface area (Å²) in [5.41, 5.74) is 1.73. The lowest BCUT2D eigenvalue weighted by Crippen LogP contribution is -2.39. The first-order valence-corrected chi connectivity index (χ1v) is 12.7. The van der Waals surface area contributed by atoms with Gasteiger partial charge in [0.2, 0.25) is 0 Å². The number of carbonyl (C=O) groups excluding carboxylic acids is 3. The SMILES string of the molecule is CCCOc1cccc(C2C3=C(OC4CCCCC4C3=O)C(=O)N2c2nc(C)c(C(C)=O)s2)c1. The van der Waals surface area contributed by atoms with Crippen LogP contribution in [0.3, 0.4) is 0 Å². The highest BCUT2D eigenvalue weighted by Gasteiger charge is 2.53. The van der Waals surface area contributed by atoms with Gasteiger partial charge in [-0.15, -0.1) is 0 Å². The van der Waals surface area contributed by atoms with Crippen LogP contribution in [-0.2, 0) is 14.3 Å². The van der Waals surface area contributed by atoms with Gasteiger partial charge in [-0.25, -0.2) is 4.98 Å². The number of hydrogen-bond donors (Lipinski definition) is 0. The van der Waals surface area contributed by atoms with Gasteiger partial charge in [0.1, 0.15) is 11.9 Å². The van der Waals surface area contributed by atoms with Crippen LogP contribution in [0.15, 0.2) is 35.6 Å². The summed E-state index contributed by atoms with van der Waals surface area (Å²) in [4.78, 5) is 46.2. The number of Topliss-reactive ketones (excluding diaryl/α,β-unsaturated/α-hetero) is 2. The van der Waals surface area contributed by atoms with Gasteiger partial charge in [-0.1, -0.05) is 36.8 Å². The van der Waals surface area contributed by atoms with E-state index < -0.39 is 6.04 Å². The van der Waals surface area contributed by atoms with Crippen LogP contribution in [0.25, 0.3) is 0 Å². The Morgan fingerprint density at radius 1 is 1.26 bits per heavy atom. The van der Waals surface area contributed by atoms with Gasteiger partial charge in [0, 0.05) is 6.92 Å². The molecule has 2 aromatic rings. The van der Waals surface area contributed by atoms with Gasteiger partial charge in [0.05, 0.1) is 34.7 Å². The number of hydrogen-bond acceptors (Lipinski definition) is 7. The number of ketones is 2. The van der Waals surface area contributed by atoms with Crippen LogP contribution >= 0.6 is 11.3 Å². The van der Waals surface area contributed by atoms with Crippen molar-refractivity contribution in [1.29, 1.82) is 0 Å². The van der Waals surface area contributed by atoms with Gasteiger partial charge in [0.15, 0.2) is 22.5 Å². The van der Waals surface area contributed by atoms with Crippen molar-refractivity contribution in [2.75, 3.05) is 11.5 Å². The lowest BCUT2D eigenvalue weighted by Gasteiger charge is -2.35. The minimum Gasteiger partial charge on any atom is -0.494 e. The van der Waals surface area contributed by atoms with E-state index in [-0.39, 0.29) is 35.3 Å². The van der Waals surface area contributed by atoms with Crippen molar-refractivity contribution in [3.63, 3.8) is 0 Å². The van der Waals surface area contributed by atoms with E-state index in [9.17, 15) is 14.4 Å². The van der Waals surface area contributed by atoms with E-state index in [1.54, 1.807) is 6.92 Å². The maximum Gasteiger partial charge on any atom is 0.296 e. The van der Waals surface area contributed by atoms with Crippen LogP contribution < -0.4 is 9.64 Å². The second kappa shape index (κ2) is 8.98. The van der Waals surface area contributed by atoms with Crippen molar-refractivity contribution in [2.24, 2.45) is 5.92 Å². The van der Waals surface area contributed by atoms with Crippen LogP contribution in [0, 0.1) is 12.8 Å². The predicted octanol–water partition coefficient (Wildman–Crippen LogP) is 4.94. The van der Waals surface area contributed by atoms with Gasteiger partial charge < -0.3 is 9.47 Å². The molecule has 3 atom stereocenters. The molecule has 0 spiro atoms. The quantitative estimate of drug-likeness (QED) is 0.544. The fraction of sp³-hybridized carbons (Fsp3) is 0.462. The summed E-state index contributed by atoms with van der Waals surface area (Å²) in [6.07, 6.45) is 4.13. The number of anilines is 1. The molecule has 1 amide bonds. The van der Waals surface area contributed by atoms with E-state index in [4.69, 9.17) is 9.47 Å². The molecule has 8 heteroatoms. The van der Waals surface area contributed by atoms with E-state index in [1.165, 1.54) is 23.2 Å². The molecular formula is C26H28N2O5S. The summed E-state index contributed by atoms with van der Waals surface area (Å²) in [7, 11) is 0. The van der Waals surface area contributed by atoms with Crippen LogP contribution in [-0.4, -0.2) is 35.2 Å². The molecular weight excluding hydrogens is 452 g/mol. The Balaban J connectivity index is 1.63. The zero-order chi connectivity index (χ0) is 24.0. The van der Waals surface area contributed by atoms with Crippen LogP contribution in [0.4, 0.5) is 5.13 Å². The highest BCUT2D eigenvalue weighted by Crippen LogP contribution is 2.49. The molecule has 3 unspecified atom stereocenters. The summed E-state index contributed by atoms with van der Waals surface area (Å²) in [5.74, 6) is 0.104. The number of amides is 1. The molecule has 3 heterocycles. The summed E-state index contributed by atoms with van der Waals surface area (Å²) in [6.45, 7) is 5.86. The molecule has 0 radical (unpaired) electrons. The number of aromatic nitrogens is 1. The minimum absolute atomic E-state index is 0.00764. The number of rotatable bonds is 6. The highest BCUT2D eigenvalue weighted by atomic mass is 32.1. The van der Waals surface area contributed by atoms with E-state index in [2.05, 4.69) is 4.98 Å². The van der Waals surface area contributed by atoms with E-state index in [0.717, 1.165) is 37.7 Å². The van der Waals surface area contributed by atoms with Crippen LogP contribution in [0.5, 0.6) is 5.75 Å². The van der Waals surface area contributed by atoms with Crippen molar-refractivity contribution in [3.8, 4) is 5.75 Å². The monoisotopic (exact) mass is 480 g/mol. The van der Waals surface area contributed by atoms with Gasteiger partial charge >= 0.3 is 0 Å². The standard InChI is InChI=1S/C26H28N2O5S/c1-4-12-32-17-9-7-8-16(13-17)21-20-22(30)18-10-5-6-11-19(18)33-23(20)25(31)28(21)26-27-14(2)24(34-26)15(3)29/h7-9,13,18-19,21H,4-6,10-12H2,1-3H3. The Morgan fingerprint density at radius 3 is 2.79 bits per heavy atom. The van der Waals surface area contributed by atoms with E-state index in [1.807, 2.05) is 31.2 Å². The fourth-order valence-electron chi connectivity index (χ4n) is 5.16. The van der Waals surface area contributed by atoms with Crippen molar-refractivity contribution in [1.82, 2.24) is 4.98 Å². The Hall–Kier alpha value is -3.00. The van der Waals surface area contributed by atoms with Crippen molar-refractivity contribution in [2.45, 2.75) is 65.0 Å².